The summed E-state index contributed by atoms with van der Waals surface area (Å²) in [6.07, 6.45) is 2.75. The van der Waals surface area contributed by atoms with E-state index in [0.717, 1.165) is 19.3 Å². The van der Waals surface area contributed by atoms with Gasteiger partial charge in [-0.15, -0.1) is 0 Å². The summed E-state index contributed by atoms with van der Waals surface area (Å²) in [7, 11) is 0. The van der Waals surface area contributed by atoms with Gasteiger partial charge >= 0.3 is 0 Å². The molecule has 1 aliphatic rings. The van der Waals surface area contributed by atoms with Crippen LogP contribution in [-0.2, 0) is 0 Å². The van der Waals surface area contributed by atoms with Crippen molar-refractivity contribution in [1.29, 1.82) is 0 Å². The van der Waals surface area contributed by atoms with Crippen molar-refractivity contribution in [3.05, 3.63) is 35.9 Å². The van der Waals surface area contributed by atoms with Crippen molar-refractivity contribution >= 4 is 5.91 Å². The maximum absolute atomic E-state index is 11.8. The number of nitrogens with two attached hydrogens (primary N) is 1. The minimum Gasteiger partial charge on any atom is -0.393 e. The Labute approximate surface area is 131 Å². The van der Waals surface area contributed by atoms with Gasteiger partial charge < -0.3 is 21.3 Å². The van der Waals surface area contributed by atoms with Crippen molar-refractivity contribution in [2.75, 3.05) is 6.54 Å². The van der Waals surface area contributed by atoms with E-state index in [1.54, 1.807) is 12.1 Å². The van der Waals surface area contributed by atoms with Crippen molar-refractivity contribution in [1.82, 2.24) is 5.32 Å². The quantitative estimate of drug-likeness (QED) is 0.566. The second-order valence-corrected chi connectivity index (χ2v) is 6.07. The van der Waals surface area contributed by atoms with Crippen molar-refractivity contribution < 1.29 is 15.0 Å². The van der Waals surface area contributed by atoms with Crippen LogP contribution in [0.3, 0.4) is 0 Å². The second-order valence-electron chi connectivity index (χ2n) is 6.07. The smallest absolute Gasteiger partial charge is 0.251 e. The number of hydrogen-bond acceptors (Lipinski definition) is 4. The number of carbonyl (C=O) groups excluding carboxylic acids is 1. The molecule has 5 nitrogen and oxygen atoms in total. The van der Waals surface area contributed by atoms with Gasteiger partial charge in [0.25, 0.3) is 5.91 Å². The van der Waals surface area contributed by atoms with Gasteiger partial charge in [0, 0.05) is 24.1 Å². The summed E-state index contributed by atoms with van der Waals surface area (Å²) in [5.74, 6) is -0.273. The van der Waals surface area contributed by atoms with Gasteiger partial charge in [-0.1, -0.05) is 24.6 Å². The zero-order valence-electron chi connectivity index (χ0n) is 12.8. The highest BCUT2D eigenvalue weighted by molar-refractivity contribution is 5.94. The number of amides is 1. The number of unbranched alkanes of at least 4 members (excludes halogenated alkanes) is 1. The summed E-state index contributed by atoms with van der Waals surface area (Å²) >= 11 is 0. The monoisotopic (exact) mass is 306 g/mol. The lowest BCUT2D eigenvalue weighted by Crippen LogP contribution is -2.40. The summed E-state index contributed by atoms with van der Waals surface area (Å²) in [4.78, 5) is 11.8. The Hall–Kier alpha value is -1.43. The van der Waals surface area contributed by atoms with Crippen LogP contribution in [0.15, 0.2) is 30.3 Å². The van der Waals surface area contributed by atoms with Crippen LogP contribution in [0, 0.1) is 5.92 Å². The molecule has 0 heterocycles. The molecule has 0 saturated heterocycles. The van der Waals surface area contributed by atoms with Gasteiger partial charge in [-0.2, -0.15) is 0 Å². The van der Waals surface area contributed by atoms with E-state index in [2.05, 4.69) is 5.32 Å². The van der Waals surface area contributed by atoms with Gasteiger partial charge in [-0.05, 0) is 37.8 Å². The number of aliphatic hydroxyl groups is 2. The molecule has 1 saturated carbocycles. The summed E-state index contributed by atoms with van der Waals surface area (Å²) in [6.45, 7) is 0.607. The largest absolute Gasteiger partial charge is 0.393 e. The van der Waals surface area contributed by atoms with E-state index in [1.807, 2.05) is 18.2 Å². The van der Waals surface area contributed by atoms with Gasteiger partial charge in [0.2, 0.25) is 0 Å². The Balaban J connectivity index is 1.62. The molecule has 0 aromatic heterocycles. The van der Waals surface area contributed by atoms with Crippen LogP contribution in [0.4, 0.5) is 0 Å². The Kier molecular flexibility index (Phi) is 6.36. The van der Waals surface area contributed by atoms with Crippen LogP contribution in [0.2, 0.25) is 0 Å². The first-order chi connectivity index (χ1) is 10.6. The third-order valence-electron chi connectivity index (χ3n) is 4.43. The summed E-state index contributed by atoms with van der Waals surface area (Å²) in [5, 5.41) is 22.5. The SMILES string of the molecule is N[C@@H](CCCCNC(=O)c1ccccc1)C1[C@@H](O)CC[C@@H]1O. The molecule has 0 aliphatic heterocycles. The lowest BCUT2D eigenvalue weighted by molar-refractivity contribution is 0.0480. The van der Waals surface area contributed by atoms with Crippen LogP contribution >= 0.6 is 0 Å². The fraction of sp³-hybridized carbons (Fsp3) is 0.588. The first kappa shape index (κ1) is 16.9. The van der Waals surface area contributed by atoms with Crippen LogP contribution in [0.5, 0.6) is 0 Å². The molecular formula is C17H26N2O3. The molecule has 22 heavy (non-hydrogen) atoms. The number of aliphatic hydroxyl groups excluding tert-OH is 2. The summed E-state index contributed by atoms with van der Waals surface area (Å²) < 4.78 is 0. The molecule has 1 aromatic carbocycles. The predicted molar refractivity (Wildman–Crippen MR) is 85.3 cm³/mol. The number of rotatable bonds is 7. The lowest BCUT2D eigenvalue weighted by Gasteiger charge is -2.25. The van der Waals surface area contributed by atoms with Gasteiger partial charge in [0.1, 0.15) is 0 Å². The minimum absolute atomic E-state index is 0.0634. The Morgan fingerprint density at radius 2 is 1.82 bits per heavy atom. The molecular weight excluding hydrogens is 280 g/mol. The Morgan fingerprint density at radius 3 is 2.45 bits per heavy atom. The standard InChI is InChI=1S/C17H26N2O3/c18-13(16-14(20)9-10-15(16)21)8-4-5-11-19-17(22)12-6-2-1-3-7-12/h1-3,6-7,13-16,20-21H,4-5,8-11,18H2,(H,19,22)/t13-,14-,15-/m0/s1. The Bertz CT molecular complexity index is 456. The molecule has 0 radical (unpaired) electrons. The first-order valence-electron chi connectivity index (χ1n) is 8.04. The molecule has 1 amide bonds. The van der Waals surface area contributed by atoms with E-state index in [0.29, 0.717) is 24.9 Å². The lowest BCUT2D eigenvalue weighted by atomic mass is 9.91. The maximum Gasteiger partial charge on any atom is 0.251 e. The fourth-order valence-electron chi connectivity index (χ4n) is 3.14. The minimum atomic E-state index is -0.484. The molecule has 0 bridgehead atoms. The highest BCUT2D eigenvalue weighted by Gasteiger charge is 2.37. The van der Waals surface area contributed by atoms with E-state index < -0.39 is 12.2 Å². The van der Waals surface area contributed by atoms with E-state index in [1.165, 1.54) is 0 Å². The van der Waals surface area contributed by atoms with E-state index >= 15 is 0 Å². The van der Waals surface area contributed by atoms with Crippen LogP contribution in [0.25, 0.3) is 0 Å². The molecule has 5 N–H and O–H groups in total. The zero-order chi connectivity index (χ0) is 15.9. The average molecular weight is 306 g/mol. The third kappa shape index (κ3) is 4.53. The van der Waals surface area contributed by atoms with E-state index in [4.69, 9.17) is 5.73 Å². The van der Waals surface area contributed by atoms with Crippen LogP contribution in [0.1, 0.15) is 42.5 Å². The van der Waals surface area contributed by atoms with Crippen LogP contribution in [-0.4, -0.2) is 40.9 Å². The molecule has 122 valence electrons. The van der Waals surface area contributed by atoms with Gasteiger partial charge in [0.05, 0.1) is 12.2 Å². The maximum atomic E-state index is 11.8. The fourth-order valence-corrected chi connectivity index (χ4v) is 3.14. The summed E-state index contributed by atoms with van der Waals surface area (Å²) in [5.41, 5.74) is 6.75. The number of carbonyl (C=O) groups is 1. The zero-order valence-corrected chi connectivity index (χ0v) is 12.8. The van der Waals surface area contributed by atoms with Gasteiger partial charge in [0.15, 0.2) is 0 Å². The third-order valence-corrected chi connectivity index (χ3v) is 4.43. The van der Waals surface area contributed by atoms with Crippen molar-refractivity contribution in [3.63, 3.8) is 0 Å². The van der Waals surface area contributed by atoms with E-state index in [9.17, 15) is 15.0 Å². The topological polar surface area (TPSA) is 95.6 Å². The molecule has 1 fully saturated rings. The number of benzene rings is 1. The highest BCUT2D eigenvalue weighted by Crippen LogP contribution is 2.29. The Morgan fingerprint density at radius 1 is 1.18 bits per heavy atom. The molecule has 1 aliphatic carbocycles. The second kappa shape index (κ2) is 8.27. The molecule has 5 heteroatoms. The number of hydrogen-bond donors (Lipinski definition) is 4. The van der Waals surface area contributed by atoms with Crippen molar-refractivity contribution in [3.8, 4) is 0 Å². The summed E-state index contributed by atoms with van der Waals surface area (Å²) in [6, 6.07) is 8.95. The molecule has 0 unspecified atom stereocenters. The van der Waals surface area contributed by atoms with Crippen molar-refractivity contribution in [2.24, 2.45) is 11.7 Å². The van der Waals surface area contributed by atoms with Gasteiger partial charge in [-0.3, -0.25) is 4.79 Å². The molecule has 2 rings (SSSR count). The predicted octanol–water partition coefficient (Wildman–Crippen LogP) is 1.05. The average Bonchev–Trinajstić information content (AvgIpc) is 2.86. The molecule has 1 aromatic rings. The molecule has 3 atom stereocenters. The normalized spacial score (nSPS) is 23.4. The molecule has 0 spiro atoms. The van der Waals surface area contributed by atoms with Crippen LogP contribution < -0.4 is 11.1 Å². The van der Waals surface area contributed by atoms with Gasteiger partial charge in [-0.25, -0.2) is 0 Å². The number of nitrogens with one attached hydrogen (secondary N) is 1. The highest BCUT2D eigenvalue weighted by atomic mass is 16.3. The first-order valence-corrected chi connectivity index (χ1v) is 8.04. The van der Waals surface area contributed by atoms with Crippen molar-refractivity contribution in [2.45, 2.75) is 50.4 Å². The van der Waals surface area contributed by atoms with E-state index in [-0.39, 0.29) is 17.9 Å².